The van der Waals surface area contributed by atoms with Crippen molar-refractivity contribution in [2.45, 2.75) is 6.04 Å². The molecule has 10 heteroatoms. The van der Waals surface area contributed by atoms with Gasteiger partial charge >= 0.3 is 5.91 Å². The second-order valence-corrected chi connectivity index (χ2v) is 8.94. The lowest BCUT2D eigenvalue weighted by Gasteiger charge is -2.22. The lowest BCUT2D eigenvalue weighted by atomic mass is 9.95. The van der Waals surface area contributed by atoms with Gasteiger partial charge in [-0.2, -0.15) is 0 Å². The van der Waals surface area contributed by atoms with Crippen LogP contribution in [0.3, 0.4) is 0 Å². The number of nitro groups is 1. The Balaban J connectivity index is 1.72. The molecule has 1 saturated heterocycles. The second kappa shape index (κ2) is 8.36. The van der Waals surface area contributed by atoms with E-state index in [1.165, 1.54) is 40.5 Å². The maximum atomic E-state index is 13.2. The van der Waals surface area contributed by atoms with Crippen molar-refractivity contribution in [2.24, 2.45) is 0 Å². The first kappa shape index (κ1) is 21.7. The number of benzene rings is 3. The van der Waals surface area contributed by atoms with Crippen LogP contribution in [0.15, 0.2) is 78.4 Å². The molecule has 1 aliphatic rings. The molecule has 1 aromatic heterocycles. The molecule has 0 radical (unpaired) electrons. The normalized spacial score (nSPS) is 17.4. The highest BCUT2D eigenvalue weighted by Gasteiger charge is 2.48. The maximum Gasteiger partial charge on any atom is 0.301 e. The summed E-state index contributed by atoms with van der Waals surface area (Å²) in [4.78, 5) is 42.7. The minimum absolute atomic E-state index is 0.123. The average Bonchev–Trinajstić information content (AvgIpc) is 3.37. The highest BCUT2D eigenvalue weighted by Crippen LogP contribution is 2.44. The molecule has 0 spiro atoms. The molecule has 0 aliphatic carbocycles. The summed E-state index contributed by atoms with van der Waals surface area (Å²) in [6.45, 7) is 0. The predicted octanol–water partition coefficient (Wildman–Crippen LogP) is 5.48. The molecule has 1 aliphatic heterocycles. The van der Waals surface area contributed by atoms with Gasteiger partial charge in [0.2, 0.25) is 0 Å². The van der Waals surface area contributed by atoms with E-state index in [1.807, 2.05) is 0 Å². The van der Waals surface area contributed by atoms with Crippen molar-refractivity contribution in [2.75, 3.05) is 4.90 Å². The van der Waals surface area contributed by atoms with Crippen molar-refractivity contribution in [3.05, 3.63) is 105 Å². The van der Waals surface area contributed by atoms with Crippen molar-refractivity contribution < 1.29 is 19.6 Å². The van der Waals surface area contributed by atoms with Crippen molar-refractivity contribution in [1.29, 1.82) is 0 Å². The number of halogens is 1. The third-order valence-electron chi connectivity index (χ3n) is 5.46. The van der Waals surface area contributed by atoms with Gasteiger partial charge < -0.3 is 5.11 Å². The molecule has 1 unspecified atom stereocenters. The number of nitrogens with zero attached hydrogens (tertiary/aromatic N) is 3. The zero-order valence-electron chi connectivity index (χ0n) is 17.2. The van der Waals surface area contributed by atoms with Gasteiger partial charge in [-0.3, -0.25) is 24.6 Å². The van der Waals surface area contributed by atoms with E-state index in [4.69, 9.17) is 11.6 Å². The number of ketones is 1. The van der Waals surface area contributed by atoms with E-state index < -0.39 is 22.7 Å². The van der Waals surface area contributed by atoms with Crippen LogP contribution in [0.2, 0.25) is 5.02 Å². The fourth-order valence-electron chi connectivity index (χ4n) is 3.86. The number of anilines is 1. The zero-order chi connectivity index (χ0) is 24.0. The van der Waals surface area contributed by atoms with E-state index in [1.54, 1.807) is 48.5 Å². The number of non-ortho nitro benzene ring substituents is 1. The largest absolute Gasteiger partial charge is 0.507 e. The summed E-state index contributed by atoms with van der Waals surface area (Å²) in [5.74, 6) is -2.07. The number of aromatic nitrogens is 1. The molecule has 1 fully saturated rings. The minimum Gasteiger partial charge on any atom is -0.507 e. The number of fused-ring (bicyclic) bond motifs is 1. The van der Waals surface area contributed by atoms with E-state index in [0.717, 1.165) is 4.70 Å². The molecular weight excluding hydrogens is 478 g/mol. The Hall–Kier alpha value is -4.08. The van der Waals surface area contributed by atoms with E-state index in [2.05, 4.69) is 4.98 Å². The van der Waals surface area contributed by atoms with E-state index in [-0.39, 0.29) is 22.2 Å². The molecule has 34 heavy (non-hydrogen) atoms. The highest BCUT2D eigenvalue weighted by molar-refractivity contribution is 7.22. The smallest absolute Gasteiger partial charge is 0.301 e. The summed E-state index contributed by atoms with van der Waals surface area (Å²) < 4.78 is 0.718. The number of hydrogen-bond donors (Lipinski definition) is 1. The first-order valence-corrected chi connectivity index (χ1v) is 11.2. The Morgan fingerprint density at radius 2 is 1.76 bits per heavy atom. The Morgan fingerprint density at radius 3 is 2.44 bits per heavy atom. The second-order valence-electron chi connectivity index (χ2n) is 7.49. The molecule has 168 valence electrons. The highest BCUT2D eigenvalue weighted by atomic mass is 35.5. The summed E-state index contributed by atoms with van der Waals surface area (Å²) in [7, 11) is 0. The summed E-state index contributed by atoms with van der Waals surface area (Å²) in [6, 6.07) is 18.0. The van der Waals surface area contributed by atoms with Crippen LogP contribution in [0.25, 0.3) is 16.0 Å². The number of rotatable bonds is 4. The Bertz CT molecular complexity index is 1500. The number of Topliss-reactive ketones (excluding diaryl/α,β-unsaturated/α-hetero) is 1. The molecule has 1 N–H and O–H groups in total. The molecular formula is C24H14ClN3O5S. The van der Waals surface area contributed by atoms with Crippen molar-refractivity contribution in [3.63, 3.8) is 0 Å². The molecule has 2 heterocycles. The van der Waals surface area contributed by atoms with E-state index >= 15 is 0 Å². The number of aliphatic hydroxyl groups is 1. The van der Waals surface area contributed by atoms with Gasteiger partial charge in [0.15, 0.2) is 5.13 Å². The standard InChI is InChI=1S/C24H14ClN3O5S/c25-15-8-11-17-18(12-15)34-24(26-17)27-20(13-6-9-16(10-7-13)28(32)33)19(22(30)23(27)31)21(29)14-4-2-1-3-5-14/h1-12,20,29H. The van der Waals surface area contributed by atoms with Crippen LogP contribution in [0.4, 0.5) is 10.8 Å². The van der Waals surface area contributed by atoms with Crippen molar-refractivity contribution in [1.82, 2.24) is 4.98 Å². The molecule has 0 bridgehead atoms. The Morgan fingerprint density at radius 1 is 1.06 bits per heavy atom. The lowest BCUT2D eigenvalue weighted by Crippen LogP contribution is -2.29. The van der Waals surface area contributed by atoms with Crippen LogP contribution < -0.4 is 4.90 Å². The summed E-state index contributed by atoms with van der Waals surface area (Å²) in [5, 5.41) is 22.9. The number of thiazole rings is 1. The SMILES string of the molecule is O=C1C(=O)N(c2nc3ccc(Cl)cc3s2)C(c2ccc([N+](=O)[O-])cc2)C1=C(O)c1ccccc1. The van der Waals surface area contributed by atoms with Gasteiger partial charge in [0.05, 0.1) is 26.8 Å². The quantitative estimate of drug-likeness (QED) is 0.133. The van der Waals surface area contributed by atoms with Crippen LogP contribution in [0, 0.1) is 10.1 Å². The van der Waals surface area contributed by atoms with Gasteiger partial charge in [0, 0.05) is 22.7 Å². The molecule has 1 amide bonds. The van der Waals surface area contributed by atoms with Gasteiger partial charge in [-0.25, -0.2) is 4.98 Å². The number of hydrogen-bond acceptors (Lipinski definition) is 7. The number of carbonyl (C=O) groups excluding carboxylic acids is 2. The third-order valence-corrected chi connectivity index (χ3v) is 6.71. The van der Waals surface area contributed by atoms with Gasteiger partial charge in [-0.05, 0) is 35.9 Å². The van der Waals surface area contributed by atoms with E-state index in [9.17, 15) is 24.8 Å². The monoisotopic (exact) mass is 491 g/mol. The molecule has 0 saturated carbocycles. The molecule has 5 rings (SSSR count). The molecule has 3 aromatic carbocycles. The number of carbonyl (C=O) groups is 2. The van der Waals surface area contributed by atoms with E-state index in [0.29, 0.717) is 21.7 Å². The summed E-state index contributed by atoms with van der Waals surface area (Å²) in [5.41, 5.74) is 1.11. The Kier molecular flexibility index (Phi) is 5.35. The van der Waals surface area contributed by atoms with Crippen LogP contribution in [0.1, 0.15) is 17.2 Å². The van der Waals surface area contributed by atoms with Gasteiger partial charge in [-0.15, -0.1) is 0 Å². The molecule has 1 atom stereocenters. The maximum absolute atomic E-state index is 13.2. The number of aliphatic hydroxyl groups excluding tert-OH is 1. The fourth-order valence-corrected chi connectivity index (χ4v) is 5.13. The van der Waals surface area contributed by atoms with Crippen LogP contribution in [0.5, 0.6) is 0 Å². The van der Waals surface area contributed by atoms with Crippen LogP contribution >= 0.6 is 22.9 Å². The Labute approximate surface area is 201 Å². The molecule has 4 aromatic rings. The first-order valence-electron chi connectivity index (χ1n) is 10.0. The lowest BCUT2D eigenvalue weighted by molar-refractivity contribution is -0.384. The predicted molar refractivity (Wildman–Crippen MR) is 129 cm³/mol. The summed E-state index contributed by atoms with van der Waals surface area (Å²) in [6.07, 6.45) is 0. The number of nitro benzene ring substituents is 1. The third kappa shape index (κ3) is 3.60. The minimum atomic E-state index is -1.03. The average molecular weight is 492 g/mol. The van der Waals surface area contributed by atoms with Gasteiger partial charge in [0.1, 0.15) is 5.76 Å². The van der Waals surface area contributed by atoms with Crippen molar-refractivity contribution >= 4 is 61.4 Å². The van der Waals surface area contributed by atoms with Crippen LogP contribution in [-0.2, 0) is 9.59 Å². The van der Waals surface area contributed by atoms with Crippen LogP contribution in [-0.4, -0.2) is 26.7 Å². The first-order chi connectivity index (χ1) is 16.3. The molecule has 8 nitrogen and oxygen atoms in total. The topological polar surface area (TPSA) is 114 Å². The zero-order valence-corrected chi connectivity index (χ0v) is 18.8. The van der Waals surface area contributed by atoms with Crippen molar-refractivity contribution in [3.8, 4) is 0 Å². The summed E-state index contributed by atoms with van der Waals surface area (Å²) >= 11 is 7.26. The van der Waals surface area contributed by atoms with Gasteiger partial charge in [-0.1, -0.05) is 53.3 Å². The van der Waals surface area contributed by atoms with Gasteiger partial charge in [0.25, 0.3) is 11.5 Å². The fraction of sp³-hybridized carbons (Fsp3) is 0.0417. The number of amides is 1.